The predicted molar refractivity (Wildman–Crippen MR) is 75.5 cm³/mol. The normalized spacial score (nSPS) is 12.0. The summed E-state index contributed by atoms with van der Waals surface area (Å²) in [6, 6.07) is 7.70. The second-order valence-corrected chi connectivity index (χ2v) is 4.32. The molecule has 0 radical (unpaired) electrons. The van der Waals surface area contributed by atoms with Crippen molar-refractivity contribution in [3.63, 3.8) is 0 Å². The molecular weight excluding hydrogens is 256 g/mol. The molecule has 0 aliphatic heterocycles. The van der Waals surface area contributed by atoms with Gasteiger partial charge in [0.2, 0.25) is 11.8 Å². The topological polar surface area (TPSA) is 82.3 Å². The van der Waals surface area contributed by atoms with Gasteiger partial charge in [0.05, 0.1) is 26.5 Å². The van der Waals surface area contributed by atoms with Crippen LogP contribution in [0.3, 0.4) is 0 Å². The van der Waals surface area contributed by atoms with Gasteiger partial charge in [-0.3, -0.25) is 5.84 Å². The number of nitrogens with two attached hydrogens (primary N) is 1. The number of aromatic nitrogens is 2. The first-order chi connectivity index (χ1) is 9.69. The third kappa shape index (κ3) is 2.87. The minimum Gasteiger partial charge on any atom is -0.480 e. The van der Waals surface area contributed by atoms with Crippen molar-refractivity contribution in [2.75, 3.05) is 14.2 Å². The average Bonchev–Trinajstić information content (AvgIpc) is 2.48. The molecule has 3 N–H and O–H groups in total. The molecule has 1 aromatic heterocycles. The zero-order valence-corrected chi connectivity index (χ0v) is 11.8. The third-order valence-electron chi connectivity index (χ3n) is 2.96. The molecule has 1 aromatic carbocycles. The average molecular weight is 274 g/mol. The highest BCUT2D eigenvalue weighted by Crippen LogP contribution is 2.28. The van der Waals surface area contributed by atoms with Crippen molar-refractivity contribution in [1.82, 2.24) is 15.4 Å². The minimum absolute atomic E-state index is 0.303. The van der Waals surface area contributed by atoms with Crippen molar-refractivity contribution in [3.05, 3.63) is 47.3 Å². The molecule has 106 valence electrons. The van der Waals surface area contributed by atoms with E-state index in [1.54, 1.807) is 0 Å². The Morgan fingerprint density at radius 2 is 2.05 bits per heavy atom. The van der Waals surface area contributed by atoms with Crippen molar-refractivity contribution in [2.45, 2.75) is 13.0 Å². The number of hydrogen-bond donors (Lipinski definition) is 2. The zero-order chi connectivity index (χ0) is 14.5. The van der Waals surface area contributed by atoms with Crippen molar-refractivity contribution < 1.29 is 9.47 Å². The van der Waals surface area contributed by atoms with Crippen LogP contribution in [0.5, 0.6) is 11.8 Å². The monoisotopic (exact) mass is 274 g/mol. The number of ether oxygens (including phenoxy) is 2. The Labute approximate surface area is 117 Å². The highest BCUT2D eigenvalue weighted by Gasteiger charge is 2.20. The fraction of sp³-hybridized carbons (Fsp3) is 0.286. The Kier molecular flexibility index (Phi) is 4.49. The number of hydrogen-bond acceptors (Lipinski definition) is 6. The Balaban J connectivity index is 2.46. The summed E-state index contributed by atoms with van der Waals surface area (Å²) in [5.41, 5.74) is 5.50. The van der Waals surface area contributed by atoms with Crippen LogP contribution in [0.25, 0.3) is 0 Å². The van der Waals surface area contributed by atoms with Crippen molar-refractivity contribution in [1.29, 1.82) is 0 Å². The first-order valence-electron chi connectivity index (χ1n) is 6.17. The molecule has 0 saturated heterocycles. The largest absolute Gasteiger partial charge is 0.480 e. The van der Waals surface area contributed by atoms with Crippen molar-refractivity contribution in [3.8, 4) is 11.8 Å². The Hall–Kier alpha value is -2.18. The van der Waals surface area contributed by atoms with E-state index in [4.69, 9.17) is 15.3 Å². The second-order valence-electron chi connectivity index (χ2n) is 4.32. The van der Waals surface area contributed by atoms with Gasteiger partial charge in [-0.2, -0.15) is 4.98 Å². The van der Waals surface area contributed by atoms with Crippen LogP contribution in [-0.4, -0.2) is 24.2 Å². The number of aryl methyl sites for hydroxylation is 1. The van der Waals surface area contributed by atoms with Crippen LogP contribution in [0.2, 0.25) is 0 Å². The van der Waals surface area contributed by atoms with Crippen LogP contribution in [0.1, 0.15) is 22.9 Å². The maximum Gasteiger partial charge on any atom is 0.240 e. The van der Waals surface area contributed by atoms with Crippen LogP contribution in [-0.2, 0) is 0 Å². The summed E-state index contributed by atoms with van der Waals surface area (Å²) in [6.45, 7) is 2.02. The van der Waals surface area contributed by atoms with Gasteiger partial charge in [0.15, 0.2) is 0 Å². The Morgan fingerprint density at radius 1 is 1.25 bits per heavy atom. The molecule has 0 bridgehead atoms. The number of methoxy groups -OCH3 is 2. The Morgan fingerprint density at radius 3 is 2.65 bits per heavy atom. The molecule has 0 saturated carbocycles. The summed E-state index contributed by atoms with van der Waals surface area (Å²) in [6.07, 6.45) is 1.54. The van der Waals surface area contributed by atoms with E-state index in [0.29, 0.717) is 17.5 Å². The van der Waals surface area contributed by atoms with Crippen molar-refractivity contribution >= 4 is 0 Å². The zero-order valence-electron chi connectivity index (χ0n) is 11.8. The van der Waals surface area contributed by atoms with E-state index in [1.807, 2.05) is 31.2 Å². The molecule has 0 amide bonds. The SMILES string of the molecule is COc1cnc(C(NN)c2cccc(C)c2)c(OC)n1. The van der Waals surface area contributed by atoms with Gasteiger partial charge in [0, 0.05) is 0 Å². The smallest absolute Gasteiger partial charge is 0.240 e. The van der Waals surface area contributed by atoms with Crippen LogP contribution in [0.15, 0.2) is 30.5 Å². The molecule has 20 heavy (non-hydrogen) atoms. The molecule has 0 aliphatic carbocycles. The molecular formula is C14H18N4O2. The van der Waals surface area contributed by atoms with Gasteiger partial charge in [-0.05, 0) is 12.5 Å². The lowest BCUT2D eigenvalue weighted by Crippen LogP contribution is -2.30. The highest BCUT2D eigenvalue weighted by atomic mass is 16.5. The lowest BCUT2D eigenvalue weighted by Gasteiger charge is -2.18. The molecule has 0 fully saturated rings. The van der Waals surface area contributed by atoms with E-state index >= 15 is 0 Å². The van der Waals surface area contributed by atoms with Gasteiger partial charge in [-0.1, -0.05) is 29.8 Å². The highest BCUT2D eigenvalue weighted by molar-refractivity contribution is 5.35. The van der Waals surface area contributed by atoms with E-state index in [0.717, 1.165) is 11.1 Å². The molecule has 1 unspecified atom stereocenters. The summed E-state index contributed by atoms with van der Waals surface area (Å²) < 4.78 is 10.3. The molecule has 6 nitrogen and oxygen atoms in total. The van der Waals surface area contributed by atoms with Crippen LogP contribution in [0, 0.1) is 6.92 Å². The fourth-order valence-electron chi connectivity index (χ4n) is 2.00. The molecule has 0 spiro atoms. The van der Waals surface area contributed by atoms with E-state index in [1.165, 1.54) is 20.4 Å². The molecule has 6 heteroatoms. The first kappa shape index (κ1) is 14.2. The number of benzene rings is 1. The molecule has 1 atom stereocenters. The van der Waals surface area contributed by atoms with Gasteiger partial charge in [-0.15, -0.1) is 0 Å². The summed E-state index contributed by atoms with van der Waals surface area (Å²) >= 11 is 0. The molecule has 0 aliphatic rings. The number of nitrogens with one attached hydrogen (secondary N) is 1. The van der Waals surface area contributed by atoms with Gasteiger partial charge in [0.1, 0.15) is 5.69 Å². The quantitative estimate of drug-likeness (QED) is 0.632. The predicted octanol–water partition coefficient (Wildman–Crippen LogP) is 1.35. The first-order valence-corrected chi connectivity index (χ1v) is 6.17. The Bertz CT molecular complexity index is 589. The maximum atomic E-state index is 5.68. The number of rotatable bonds is 5. The van der Waals surface area contributed by atoms with Crippen LogP contribution >= 0.6 is 0 Å². The van der Waals surface area contributed by atoms with Crippen molar-refractivity contribution in [2.24, 2.45) is 5.84 Å². The molecule has 2 rings (SSSR count). The van der Waals surface area contributed by atoms with E-state index in [2.05, 4.69) is 15.4 Å². The standard InChI is InChI=1S/C14H18N4O2/c1-9-5-4-6-10(7-9)12(18-15)13-14(20-3)17-11(19-2)8-16-13/h4-8,12,18H,15H2,1-3H3. The molecule has 1 heterocycles. The number of nitrogens with zero attached hydrogens (tertiary/aromatic N) is 2. The van der Waals surface area contributed by atoms with E-state index in [-0.39, 0.29) is 6.04 Å². The van der Waals surface area contributed by atoms with Gasteiger partial charge < -0.3 is 9.47 Å². The van der Waals surface area contributed by atoms with Gasteiger partial charge in [0.25, 0.3) is 0 Å². The maximum absolute atomic E-state index is 5.68. The van der Waals surface area contributed by atoms with E-state index in [9.17, 15) is 0 Å². The lowest BCUT2D eigenvalue weighted by atomic mass is 10.0. The second kappa shape index (κ2) is 6.31. The van der Waals surface area contributed by atoms with Gasteiger partial charge >= 0.3 is 0 Å². The van der Waals surface area contributed by atoms with Gasteiger partial charge in [-0.25, -0.2) is 10.4 Å². The summed E-state index contributed by atoms with van der Waals surface area (Å²) in [5, 5.41) is 0. The minimum atomic E-state index is -0.303. The third-order valence-corrected chi connectivity index (χ3v) is 2.96. The van der Waals surface area contributed by atoms with E-state index < -0.39 is 0 Å². The number of hydrazine groups is 1. The van der Waals surface area contributed by atoms with Crippen LogP contribution < -0.4 is 20.7 Å². The fourth-order valence-corrected chi connectivity index (χ4v) is 2.00. The summed E-state index contributed by atoms with van der Waals surface area (Å²) in [7, 11) is 3.07. The van der Waals surface area contributed by atoms with Crippen LogP contribution in [0.4, 0.5) is 0 Å². The summed E-state index contributed by atoms with van der Waals surface area (Å²) in [4.78, 5) is 8.57. The summed E-state index contributed by atoms with van der Waals surface area (Å²) in [5.74, 6) is 6.45. The molecule has 2 aromatic rings. The lowest BCUT2D eigenvalue weighted by molar-refractivity contribution is 0.352.